The van der Waals surface area contributed by atoms with E-state index in [9.17, 15) is 9.18 Å². The fourth-order valence-corrected chi connectivity index (χ4v) is 2.83. The van der Waals surface area contributed by atoms with Crippen molar-refractivity contribution in [3.63, 3.8) is 0 Å². The van der Waals surface area contributed by atoms with Crippen LogP contribution in [0.4, 0.5) is 21.6 Å². The number of carbonyl (C=O) groups excluding carboxylic acids is 1. The second kappa shape index (κ2) is 7.36. The lowest BCUT2D eigenvalue weighted by Gasteiger charge is -2.09. The third-order valence-electron chi connectivity index (χ3n) is 4.20. The van der Waals surface area contributed by atoms with Crippen molar-refractivity contribution in [3.05, 3.63) is 78.1 Å². The van der Waals surface area contributed by atoms with E-state index in [2.05, 4.69) is 25.6 Å². The first-order valence-electron chi connectivity index (χ1n) is 8.57. The van der Waals surface area contributed by atoms with Gasteiger partial charge in [0.25, 0.3) is 5.91 Å². The zero-order valence-corrected chi connectivity index (χ0v) is 14.7. The molecule has 8 heteroatoms. The van der Waals surface area contributed by atoms with Crippen molar-refractivity contribution in [2.24, 2.45) is 0 Å². The van der Waals surface area contributed by atoms with Crippen LogP contribution in [0.2, 0.25) is 0 Å². The number of halogens is 1. The Balaban J connectivity index is 1.46. The molecule has 0 saturated carbocycles. The molecule has 0 aliphatic heterocycles. The molecule has 0 fully saturated rings. The van der Waals surface area contributed by atoms with Gasteiger partial charge in [-0.25, -0.2) is 9.37 Å². The number of pyridine rings is 2. The van der Waals surface area contributed by atoms with E-state index in [-0.39, 0.29) is 11.7 Å². The summed E-state index contributed by atoms with van der Waals surface area (Å²) in [5, 5.41) is 6.61. The molecule has 1 amide bonds. The fraction of sp³-hybridized carbons (Fsp3) is 0.0500. The molecule has 0 saturated heterocycles. The average Bonchev–Trinajstić information content (AvgIpc) is 3.11. The van der Waals surface area contributed by atoms with Crippen molar-refractivity contribution in [1.29, 1.82) is 0 Å². The summed E-state index contributed by atoms with van der Waals surface area (Å²) in [5.41, 5.74) is 8.88. The molecular formula is C20H17FN6O. The molecule has 0 unspecified atom stereocenters. The summed E-state index contributed by atoms with van der Waals surface area (Å²) in [6, 6.07) is 13.0. The smallest absolute Gasteiger partial charge is 0.272 e. The highest BCUT2D eigenvalue weighted by molar-refractivity contribution is 6.05. The lowest BCUT2D eigenvalue weighted by molar-refractivity contribution is 0.102. The van der Waals surface area contributed by atoms with E-state index in [1.54, 1.807) is 42.7 Å². The Morgan fingerprint density at radius 2 is 2.00 bits per heavy atom. The van der Waals surface area contributed by atoms with Crippen LogP contribution in [-0.4, -0.2) is 20.9 Å². The van der Waals surface area contributed by atoms with E-state index >= 15 is 0 Å². The van der Waals surface area contributed by atoms with E-state index in [1.165, 1.54) is 12.1 Å². The molecule has 4 aromatic rings. The van der Waals surface area contributed by atoms with E-state index in [0.29, 0.717) is 40.3 Å². The third kappa shape index (κ3) is 3.75. The van der Waals surface area contributed by atoms with Gasteiger partial charge in [-0.3, -0.25) is 9.78 Å². The number of carbonyl (C=O) groups is 1. The SMILES string of the molecule is Nc1ncccc1NCc1cc(NC(=O)c2cc3cc(F)ccc3[nH]2)ccn1. The topological polar surface area (TPSA) is 109 Å². The predicted molar refractivity (Wildman–Crippen MR) is 106 cm³/mol. The first-order chi connectivity index (χ1) is 13.6. The van der Waals surface area contributed by atoms with Gasteiger partial charge >= 0.3 is 0 Å². The largest absolute Gasteiger partial charge is 0.382 e. The van der Waals surface area contributed by atoms with Crippen molar-refractivity contribution in [2.75, 3.05) is 16.4 Å². The molecule has 140 valence electrons. The van der Waals surface area contributed by atoms with Gasteiger partial charge in [0.05, 0.1) is 17.9 Å². The molecule has 7 nitrogen and oxygen atoms in total. The number of nitrogens with zero attached hydrogens (tertiary/aromatic N) is 2. The number of anilines is 3. The van der Waals surface area contributed by atoms with E-state index in [1.807, 2.05) is 6.07 Å². The molecule has 0 aliphatic rings. The van der Waals surface area contributed by atoms with Crippen molar-refractivity contribution in [3.8, 4) is 0 Å². The highest BCUT2D eigenvalue weighted by atomic mass is 19.1. The summed E-state index contributed by atoms with van der Waals surface area (Å²) < 4.78 is 13.3. The van der Waals surface area contributed by atoms with Crippen LogP contribution in [0.15, 0.2) is 60.9 Å². The molecular weight excluding hydrogens is 359 g/mol. The first kappa shape index (κ1) is 17.5. The monoisotopic (exact) mass is 376 g/mol. The van der Waals surface area contributed by atoms with Crippen LogP contribution < -0.4 is 16.4 Å². The molecule has 28 heavy (non-hydrogen) atoms. The maximum Gasteiger partial charge on any atom is 0.272 e. The van der Waals surface area contributed by atoms with Gasteiger partial charge in [-0.2, -0.15) is 0 Å². The van der Waals surface area contributed by atoms with Gasteiger partial charge in [0.15, 0.2) is 0 Å². The number of fused-ring (bicyclic) bond motifs is 1. The van der Waals surface area contributed by atoms with Gasteiger partial charge in [0, 0.05) is 29.0 Å². The predicted octanol–water partition coefficient (Wildman–Crippen LogP) is 3.54. The molecule has 3 heterocycles. The van der Waals surface area contributed by atoms with Crippen molar-refractivity contribution in [2.45, 2.75) is 6.54 Å². The zero-order valence-electron chi connectivity index (χ0n) is 14.7. The summed E-state index contributed by atoms with van der Waals surface area (Å²) in [7, 11) is 0. The lowest BCUT2D eigenvalue weighted by Crippen LogP contribution is -2.13. The van der Waals surface area contributed by atoms with Gasteiger partial charge < -0.3 is 21.4 Å². The summed E-state index contributed by atoms with van der Waals surface area (Å²) in [5.74, 6) is -0.264. The minimum absolute atomic E-state index is 0.321. The Kier molecular flexibility index (Phi) is 4.59. The number of H-pyrrole nitrogens is 1. The van der Waals surface area contributed by atoms with Crippen LogP contribution in [0, 0.1) is 5.82 Å². The van der Waals surface area contributed by atoms with Gasteiger partial charge in [-0.05, 0) is 48.5 Å². The van der Waals surface area contributed by atoms with Crippen LogP contribution in [0.1, 0.15) is 16.2 Å². The number of nitrogens with one attached hydrogen (secondary N) is 3. The van der Waals surface area contributed by atoms with Gasteiger partial charge in [0.2, 0.25) is 0 Å². The highest BCUT2D eigenvalue weighted by Crippen LogP contribution is 2.19. The zero-order chi connectivity index (χ0) is 19.5. The number of amides is 1. The maximum atomic E-state index is 13.3. The molecule has 5 N–H and O–H groups in total. The average molecular weight is 376 g/mol. The summed E-state index contributed by atoms with van der Waals surface area (Å²) in [6.45, 7) is 0.422. The molecule has 1 aromatic carbocycles. The van der Waals surface area contributed by atoms with E-state index in [0.717, 1.165) is 5.69 Å². The highest BCUT2D eigenvalue weighted by Gasteiger charge is 2.11. The molecule has 3 aromatic heterocycles. The Bertz CT molecular complexity index is 1160. The van der Waals surface area contributed by atoms with Crippen LogP contribution in [0.3, 0.4) is 0 Å². The van der Waals surface area contributed by atoms with Crippen LogP contribution in [-0.2, 0) is 6.54 Å². The normalized spacial score (nSPS) is 10.8. The third-order valence-corrected chi connectivity index (χ3v) is 4.20. The Hall–Kier alpha value is -3.94. The molecule has 4 rings (SSSR count). The first-order valence-corrected chi connectivity index (χ1v) is 8.57. The second-order valence-corrected chi connectivity index (χ2v) is 6.19. The Labute approximate surface area is 159 Å². The fourth-order valence-electron chi connectivity index (χ4n) is 2.83. The maximum absolute atomic E-state index is 13.3. The molecule has 0 radical (unpaired) electrons. The van der Waals surface area contributed by atoms with Gasteiger partial charge in [0.1, 0.15) is 17.3 Å². The summed E-state index contributed by atoms with van der Waals surface area (Å²) >= 11 is 0. The van der Waals surface area contributed by atoms with Crippen LogP contribution in [0.5, 0.6) is 0 Å². The summed E-state index contributed by atoms with van der Waals surface area (Å²) in [4.78, 5) is 23.8. The number of benzene rings is 1. The van der Waals surface area contributed by atoms with Crippen LogP contribution in [0.25, 0.3) is 10.9 Å². The molecule has 0 atom stereocenters. The quantitative estimate of drug-likeness (QED) is 0.426. The number of aromatic amines is 1. The number of hydrogen-bond acceptors (Lipinski definition) is 5. The van der Waals surface area contributed by atoms with E-state index in [4.69, 9.17) is 5.73 Å². The molecule has 0 aliphatic carbocycles. The number of nitrogen functional groups attached to an aromatic ring is 1. The van der Waals surface area contributed by atoms with Gasteiger partial charge in [-0.15, -0.1) is 0 Å². The second-order valence-electron chi connectivity index (χ2n) is 6.19. The Morgan fingerprint density at radius 3 is 2.86 bits per heavy atom. The van der Waals surface area contributed by atoms with Crippen LogP contribution >= 0.6 is 0 Å². The number of hydrogen-bond donors (Lipinski definition) is 4. The van der Waals surface area contributed by atoms with E-state index < -0.39 is 0 Å². The standard InChI is InChI=1S/C20H17FN6O/c21-13-3-4-16-12(8-13)9-18(27-16)20(28)26-14-5-7-23-15(10-14)11-25-17-2-1-6-24-19(17)22/h1-10,25,27H,11H2,(H2,22,24)(H,23,26,28). The van der Waals surface area contributed by atoms with Crippen molar-refractivity contribution >= 4 is 34.0 Å². The minimum atomic E-state index is -0.348. The Morgan fingerprint density at radius 1 is 1.11 bits per heavy atom. The van der Waals surface area contributed by atoms with Gasteiger partial charge in [-0.1, -0.05) is 0 Å². The number of aromatic nitrogens is 3. The molecule has 0 bridgehead atoms. The molecule has 0 spiro atoms. The van der Waals surface area contributed by atoms with Crippen molar-refractivity contribution in [1.82, 2.24) is 15.0 Å². The minimum Gasteiger partial charge on any atom is -0.382 e. The lowest BCUT2D eigenvalue weighted by atomic mass is 10.2. The number of nitrogens with two attached hydrogens (primary N) is 1. The number of rotatable bonds is 5. The summed E-state index contributed by atoms with van der Waals surface area (Å²) in [6.07, 6.45) is 3.23. The van der Waals surface area contributed by atoms with Crippen molar-refractivity contribution < 1.29 is 9.18 Å².